The molecule has 3 aromatic rings. The van der Waals surface area contributed by atoms with Crippen LogP contribution in [0.4, 0.5) is 11.5 Å². The molecule has 0 bridgehead atoms. The molecule has 2 aromatic heterocycles. The van der Waals surface area contributed by atoms with E-state index >= 15 is 0 Å². The second-order valence-corrected chi connectivity index (χ2v) is 6.61. The predicted molar refractivity (Wildman–Crippen MR) is 93.5 cm³/mol. The number of nitrogens with two attached hydrogens (primary N) is 1. The summed E-state index contributed by atoms with van der Waals surface area (Å²) in [7, 11) is 1.91. The van der Waals surface area contributed by atoms with E-state index in [4.69, 9.17) is 10.8 Å². The van der Waals surface area contributed by atoms with Crippen LogP contribution in [-0.2, 0) is 12.0 Å². The van der Waals surface area contributed by atoms with Crippen molar-refractivity contribution < 1.29 is 0 Å². The van der Waals surface area contributed by atoms with Gasteiger partial charge < -0.3 is 11.1 Å². The molecule has 2 heterocycles. The molecule has 6 heteroatoms. The van der Waals surface area contributed by atoms with E-state index in [0.29, 0.717) is 12.2 Å². The molecule has 3 N–H and O–H groups in total. The van der Waals surface area contributed by atoms with Gasteiger partial charge in [0.15, 0.2) is 5.65 Å². The molecule has 120 valence electrons. The first kappa shape index (κ1) is 15.3. The third-order valence-electron chi connectivity index (χ3n) is 3.79. The molecular weight excluding hydrogens is 288 g/mol. The fourth-order valence-corrected chi connectivity index (χ4v) is 2.67. The van der Waals surface area contributed by atoms with Crippen LogP contribution in [0.3, 0.4) is 0 Å². The van der Waals surface area contributed by atoms with E-state index in [2.05, 4.69) is 48.2 Å². The number of anilines is 2. The lowest BCUT2D eigenvalue weighted by molar-refractivity contribution is 0.363. The summed E-state index contributed by atoms with van der Waals surface area (Å²) in [5.74, 6) is 0.477. The number of aromatic nitrogens is 4. The number of nitrogens with one attached hydrogen (secondary N) is 1. The first-order valence-corrected chi connectivity index (χ1v) is 7.65. The van der Waals surface area contributed by atoms with Crippen LogP contribution in [0.2, 0.25) is 0 Å². The Hall–Kier alpha value is -2.63. The summed E-state index contributed by atoms with van der Waals surface area (Å²) >= 11 is 0. The van der Waals surface area contributed by atoms with Gasteiger partial charge in [0.25, 0.3) is 0 Å². The monoisotopic (exact) mass is 310 g/mol. The summed E-state index contributed by atoms with van der Waals surface area (Å²) in [6.45, 7) is 6.30. The Morgan fingerprint density at radius 3 is 2.70 bits per heavy atom. The summed E-state index contributed by atoms with van der Waals surface area (Å²) in [6.07, 6.45) is 2.18. The van der Waals surface area contributed by atoms with Crippen LogP contribution in [0.15, 0.2) is 30.6 Å². The Labute approximate surface area is 135 Å². The molecule has 0 amide bonds. The SMILES string of the molecule is CNc1cccc(Cc2nn(C(C)(C)C)c3ncnc(N)c23)c1. The fourth-order valence-electron chi connectivity index (χ4n) is 2.67. The Morgan fingerprint density at radius 2 is 2.00 bits per heavy atom. The lowest BCUT2D eigenvalue weighted by Crippen LogP contribution is -2.23. The largest absolute Gasteiger partial charge is 0.388 e. The Bertz CT molecular complexity index is 844. The quantitative estimate of drug-likeness (QED) is 0.777. The average molecular weight is 310 g/mol. The second-order valence-electron chi connectivity index (χ2n) is 6.61. The van der Waals surface area contributed by atoms with Crippen molar-refractivity contribution >= 4 is 22.5 Å². The van der Waals surface area contributed by atoms with Gasteiger partial charge in [0, 0.05) is 19.2 Å². The van der Waals surface area contributed by atoms with Crippen LogP contribution in [-0.4, -0.2) is 26.8 Å². The van der Waals surface area contributed by atoms with Crippen molar-refractivity contribution in [3.8, 4) is 0 Å². The van der Waals surface area contributed by atoms with E-state index in [1.54, 1.807) is 0 Å². The fraction of sp³-hybridized carbons (Fsp3) is 0.353. The highest BCUT2D eigenvalue weighted by Gasteiger charge is 2.23. The maximum Gasteiger partial charge on any atom is 0.164 e. The Morgan fingerprint density at radius 1 is 1.22 bits per heavy atom. The molecular formula is C17H22N6. The van der Waals surface area contributed by atoms with Gasteiger partial charge in [-0.05, 0) is 38.5 Å². The number of hydrogen-bond donors (Lipinski definition) is 2. The van der Waals surface area contributed by atoms with Gasteiger partial charge in [-0.1, -0.05) is 12.1 Å². The number of hydrogen-bond acceptors (Lipinski definition) is 5. The van der Waals surface area contributed by atoms with Crippen molar-refractivity contribution in [2.45, 2.75) is 32.7 Å². The zero-order valence-corrected chi connectivity index (χ0v) is 14.0. The van der Waals surface area contributed by atoms with E-state index < -0.39 is 0 Å². The summed E-state index contributed by atoms with van der Waals surface area (Å²) in [5.41, 5.74) is 9.86. The maximum atomic E-state index is 6.11. The number of benzene rings is 1. The highest BCUT2D eigenvalue weighted by Crippen LogP contribution is 2.28. The van der Waals surface area contributed by atoms with Crippen molar-refractivity contribution in [3.63, 3.8) is 0 Å². The van der Waals surface area contributed by atoms with Gasteiger partial charge in [-0.2, -0.15) is 5.10 Å². The average Bonchev–Trinajstić information content (AvgIpc) is 2.88. The molecule has 0 spiro atoms. The molecule has 1 aromatic carbocycles. The van der Waals surface area contributed by atoms with Crippen molar-refractivity contribution in [2.24, 2.45) is 0 Å². The lowest BCUT2D eigenvalue weighted by Gasteiger charge is -2.19. The van der Waals surface area contributed by atoms with Crippen LogP contribution in [0.25, 0.3) is 11.0 Å². The van der Waals surface area contributed by atoms with Crippen LogP contribution < -0.4 is 11.1 Å². The molecule has 0 atom stereocenters. The third-order valence-corrected chi connectivity index (χ3v) is 3.79. The minimum absolute atomic E-state index is 0.176. The number of nitrogens with zero attached hydrogens (tertiary/aromatic N) is 4. The molecule has 0 unspecified atom stereocenters. The summed E-state index contributed by atoms with van der Waals surface area (Å²) in [5, 5.41) is 8.79. The molecule has 23 heavy (non-hydrogen) atoms. The van der Waals surface area contributed by atoms with E-state index in [9.17, 15) is 0 Å². The lowest BCUT2D eigenvalue weighted by atomic mass is 10.1. The van der Waals surface area contributed by atoms with Crippen molar-refractivity contribution in [3.05, 3.63) is 41.9 Å². The number of rotatable bonds is 3. The number of fused-ring (bicyclic) bond motifs is 1. The van der Waals surface area contributed by atoms with Crippen LogP contribution in [0.1, 0.15) is 32.0 Å². The predicted octanol–water partition coefficient (Wildman–Crippen LogP) is 2.80. The molecule has 0 aliphatic rings. The van der Waals surface area contributed by atoms with Crippen LogP contribution >= 0.6 is 0 Å². The molecule has 6 nitrogen and oxygen atoms in total. The van der Waals surface area contributed by atoms with Gasteiger partial charge in [-0.3, -0.25) is 0 Å². The molecule has 0 aliphatic heterocycles. The van der Waals surface area contributed by atoms with Crippen LogP contribution in [0.5, 0.6) is 0 Å². The van der Waals surface area contributed by atoms with E-state index in [1.165, 1.54) is 11.9 Å². The second kappa shape index (κ2) is 5.53. The van der Waals surface area contributed by atoms with Gasteiger partial charge in [0.2, 0.25) is 0 Å². The van der Waals surface area contributed by atoms with Gasteiger partial charge in [0.05, 0.1) is 16.6 Å². The topological polar surface area (TPSA) is 81.7 Å². The highest BCUT2D eigenvalue weighted by atomic mass is 15.3. The minimum Gasteiger partial charge on any atom is -0.388 e. The van der Waals surface area contributed by atoms with Gasteiger partial charge in [-0.25, -0.2) is 14.6 Å². The molecule has 0 saturated carbocycles. The minimum atomic E-state index is -0.176. The Kier molecular flexibility index (Phi) is 3.67. The standard InChI is InChI=1S/C17H22N6/c1-17(2,3)23-16-14(15(18)20-10-21-16)13(22-23)9-11-6-5-7-12(8-11)19-4/h5-8,10,19H,9H2,1-4H3,(H2,18,20,21). The smallest absolute Gasteiger partial charge is 0.164 e. The van der Waals surface area contributed by atoms with Crippen molar-refractivity contribution in [1.82, 2.24) is 19.7 Å². The normalized spacial score (nSPS) is 11.8. The highest BCUT2D eigenvalue weighted by molar-refractivity contribution is 5.88. The van der Waals surface area contributed by atoms with Crippen molar-refractivity contribution in [1.29, 1.82) is 0 Å². The number of nitrogen functional groups attached to an aromatic ring is 1. The Balaban J connectivity index is 2.13. The van der Waals surface area contributed by atoms with E-state index in [0.717, 1.165) is 22.4 Å². The van der Waals surface area contributed by atoms with Gasteiger partial charge in [-0.15, -0.1) is 0 Å². The molecule has 0 aliphatic carbocycles. The maximum absolute atomic E-state index is 6.11. The zero-order valence-electron chi connectivity index (χ0n) is 14.0. The van der Waals surface area contributed by atoms with Gasteiger partial charge >= 0.3 is 0 Å². The van der Waals surface area contributed by atoms with Crippen LogP contribution in [0, 0.1) is 0 Å². The summed E-state index contributed by atoms with van der Waals surface area (Å²) < 4.78 is 1.93. The van der Waals surface area contributed by atoms with Crippen molar-refractivity contribution in [2.75, 3.05) is 18.1 Å². The zero-order chi connectivity index (χ0) is 16.6. The van der Waals surface area contributed by atoms with E-state index in [1.807, 2.05) is 23.9 Å². The molecule has 0 radical (unpaired) electrons. The molecule has 0 saturated heterocycles. The molecule has 3 rings (SSSR count). The first-order valence-electron chi connectivity index (χ1n) is 7.65. The summed E-state index contributed by atoms with van der Waals surface area (Å²) in [4.78, 5) is 8.54. The van der Waals surface area contributed by atoms with Gasteiger partial charge in [0.1, 0.15) is 12.1 Å². The molecule has 0 fully saturated rings. The van der Waals surface area contributed by atoms with E-state index in [-0.39, 0.29) is 5.54 Å². The summed E-state index contributed by atoms with van der Waals surface area (Å²) in [6, 6.07) is 8.27. The third kappa shape index (κ3) is 2.84. The first-order chi connectivity index (χ1) is 10.9.